The molecule has 1 fully saturated rings. The van der Waals surface area contributed by atoms with E-state index in [0.29, 0.717) is 11.6 Å². The summed E-state index contributed by atoms with van der Waals surface area (Å²) in [5, 5.41) is 5.99. The molecule has 116 valence electrons. The summed E-state index contributed by atoms with van der Waals surface area (Å²) in [6, 6.07) is 10.4. The molecule has 2 aromatic rings. The molecule has 1 atom stereocenters. The van der Waals surface area contributed by atoms with E-state index in [1.54, 1.807) is 0 Å². The summed E-state index contributed by atoms with van der Waals surface area (Å²) >= 11 is 0. The van der Waals surface area contributed by atoms with Gasteiger partial charge >= 0.3 is 0 Å². The van der Waals surface area contributed by atoms with Crippen molar-refractivity contribution < 1.29 is 9.18 Å². The summed E-state index contributed by atoms with van der Waals surface area (Å²) in [6.45, 7) is 2.03. The SMILES string of the molecule is Cl.O=C(Nc1ccc(C2CCNC2)cc1)c1ncccc1F. The lowest BCUT2D eigenvalue weighted by Crippen LogP contribution is -2.15. The Kier molecular flexibility index (Phi) is 5.46. The van der Waals surface area contributed by atoms with E-state index < -0.39 is 11.7 Å². The van der Waals surface area contributed by atoms with Crippen molar-refractivity contribution in [3.05, 3.63) is 59.7 Å². The van der Waals surface area contributed by atoms with E-state index in [9.17, 15) is 9.18 Å². The molecular weight excluding hydrogens is 305 g/mol. The van der Waals surface area contributed by atoms with Crippen LogP contribution in [-0.4, -0.2) is 24.0 Å². The largest absolute Gasteiger partial charge is 0.321 e. The first-order chi connectivity index (χ1) is 10.2. The van der Waals surface area contributed by atoms with E-state index in [-0.39, 0.29) is 18.1 Å². The van der Waals surface area contributed by atoms with Gasteiger partial charge in [0, 0.05) is 18.4 Å². The lowest BCUT2D eigenvalue weighted by molar-refractivity contribution is 0.101. The van der Waals surface area contributed by atoms with E-state index in [0.717, 1.165) is 19.5 Å². The Morgan fingerprint density at radius 2 is 2.05 bits per heavy atom. The smallest absolute Gasteiger partial charge is 0.277 e. The fourth-order valence-electron chi connectivity index (χ4n) is 2.52. The van der Waals surface area contributed by atoms with Gasteiger partial charge in [0.1, 0.15) is 0 Å². The zero-order valence-electron chi connectivity index (χ0n) is 11.9. The molecule has 1 saturated heterocycles. The van der Waals surface area contributed by atoms with Gasteiger partial charge in [0.2, 0.25) is 0 Å². The topological polar surface area (TPSA) is 54.0 Å². The summed E-state index contributed by atoms with van der Waals surface area (Å²) in [5.41, 5.74) is 1.70. The molecule has 1 aliphatic rings. The predicted octanol–water partition coefficient (Wildman–Crippen LogP) is 2.97. The fourth-order valence-corrected chi connectivity index (χ4v) is 2.52. The molecule has 1 amide bonds. The lowest BCUT2D eigenvalue weighted by Gasteiger charge is -2.10. The van der Waals surface area contributed by atoms with Crippen LogP contribution in [0.3, 0.4) is 0 Å². The van der Waals surface area contributed by atoms with Gasteiger partial charge in [-0.25, -0.2) is 9.37 Å². The number of nitrogens with one attached hydrogen (secondary N) is 2. The quantitative estimate of drug-likeness (QED) is 0.914. The zero-order chi connectivity index (χ0) is 14.7. The molecule has 0 aliphatic carbocycles. The van der Waals surface area contributed by atoms with Crippen LogP contribution in [0, 0.1) is 5.82 Å². The monoisotopic (exact) mass is 321 g/mol. The lowest BCUT2D eigenvalue weighted by atomic mass is 9.98. The molecule has 4 nitrogen and oxygen atoms in total. The molecule has 0 saturated carbocycles. The maximum absolute atomic E-state index is 13.5. The predicted molar refractivity (Wildman–Crippen MR) is 86.1 cm³/mol. The number of aromatic nitrogens is 1. The number of nitrogens with zero attached hydrogens (tertiary/aromatic N) is 1. The standard InChI is InChI=1S/C16H16FN3O.ClH/c17-14-2-1-8-19-15(14)16(21)20-13-5-3-11(4-6-13)12-7-9-18-10-12;/h1-6,8,12,18H,7,9-10H2,(H,20,21);1H. The fraction of sp³-hybridized carbons (Fsp3) is 0.250. The number of rotatable bonds is 3. The number of halogens is 2. The van der Waals surface area contributed by atoms with E-state index in [4.69, 9.17) is 0 Å². The van der Waals surface area contributed by atoms with Crippen LogP contribution in [0.5, 0.6) is 0 Å². The van der Waals surface area contributed by atoms with E-state index in [1.165, 1.54) is 23.9 Å². The Balaban J connectivity index is 0.00000176. The third kappa shape index (κ3) is 3.61. The van der Waals surface area contributed by atoms with Gasteiger partial charge in [-0.1, -0.05) is 12.1 Å². The van der Waals surface area contributed by atoms with Crippen molar-refractivity contribution in [3.63, 3.8) is 0 Å². The molecule has 0 bridgehead atoms. The van der Waals surface area contributed by atoms with Crippen LogP contribution >= 0.6 is 12.4 Å². The van der Waals surface area contributed by atoms with Gasteiger partial charge in [0.05, 0.1) is 0 Å². The Bertz CT molecular complexity index is 642. The Morgan fingerprint density at radius 1 is 1.27 bits per heavy atom. The summed E-state index contributed by atoms with van der Waals surface area (Å²) in [5.74, 6) is -0.630. The molecule has 2 N–H and O–H groups in total. The second-order valence-corrected chi connectivity index (χ2v) is 5.10. The summed E-state index contributed by atoms with van der Waals surface area (Å²) in [7, 11) is 0. The number of amides is 1. The highest BCUT2D eigenvalue weighted by atomic mass is 35.5. The van der Waals surface area contributed by atoms with Crippen LogP contribution in [0.1, 0.15) is 28.4 Å². The molecule has 0 radical (unpaired) electrons. The number of carbonyl (C=O) groups excluding carboxylic acids is 1. The van der Waals surface area contributed by atoms with Crippen molar-refractivity contribution in [2.75, 3.05) is 18.4 Å². The first-order valence-electron chi connectivity index (χ1n) is 6.96. The minimum absolute atomic E-state index is 0. The highest BCUT2D eigenvalue weighted by molar-refractivity contribution is 6.02. The highest BCUT2D eigenvalue weighted by Gasteiger charge is 2.17. The van der Waals surface area contributed by atoms with E-state index in [2.05, 4.69) is 15.6 Å². The Morgan fingerprint density at radius 3 is 2.68 bits per heavy atom. The third-order valence-electron chi connectivity index (χ3n) is 3.67. The van der Waals surface area contributed by atoms with Gasteiger partial charge in [0.15, 0.2) is 11.5 Å². The van der Waals surface area contributed by atoms with Crippen molar-refractivity contribution in [3.8, 4) is 0 Å². The molecule has 0 spiro atoms. The number of benzene rings is 1. The van der Waals surface area contributed by atoms with Crippen molar-refractivity contribution >= 4 is 24.0 Å². The van der Waals surface area contributed by atoms with Crippen LogP contribution < -0.4 is 10.6 Å². The van der Waals surface area contributed by atoms with Crippen LogP contribution in [0.15, 0.2) is 42.6 Å². The first kappa shape index (κ1) is 16.4. The first-order valence-corrected chi connectivity index (χ1v) is 6.96. The van der Waals surface area contributed by atoms with Crippen LogP contribution in [0.4, 0.5) is 10.1 Å². The maximum atomic E-state index is 13.5. The third-order valence-corrected chi connectivity index (χ3v) is 3.67. The maximum Gasteiger partial charge on any atom is 0.277 e. The summed E-state index contributed by atoms with van der Waals surface area (Å²) in [4.78, 5) is 15.7. The molecule has 2 heterocycles. The van der Waals surface area contributed by atoms with Crippen LogP contribution in [-0.2, 0) is 0 Å². The van der Waals surface area contributed by atoms with Gasteiger partial charge < -0.3 is 10.6 Å². The van der Waals surface area contributed by atoms with Crippen molar-refractivity contribution in [2.24, 2.45) is 0 Å². The highest BCUT2D eigenvalue weighted by Crippen LogP contribution is 2.23. The normalized spacial score (nSPS) is 16.9. The minimum atomic E-state index is -0.622. The van der Waals surface area contributed by atoms with Gasteiger partial charge in [0.25, 0.3) is 5.91 Å². The Labute approximate surface area is 134 Å². The second-order valence-electron chi connectivity index (χ2n) is 5.10. The summed E-state index contributed by atoms with van der Waals surface area (Å²) < 4.78 is 13.5. The Hall–Kier alpha value is -1.98. The number of carbonyl (C=O) groups is 1. The van der Waals surface area contributed by atoms with Gasteiger partial charge in [-0.05, 0) is 48.7 Å². The van der Waals surface area contributed by atoms with Gasteiger partial charge in [-0.2, -0.15) is 0 Å². The van der Waals surface area contributed by atoms with Crippen molar-refractivity contribution in [1.29, 1.82) is 0 Å². The second kappa shape index (κ2) is 7.33. The molecule has 3 rings (SSSR count). The molecular formula is C16H17ClFN3O. The molecule has 1 aliphatic heterocycles. The minimum Gasteiger partial charge on any atom is -0.321 e. The average molecular weight is 322 g/mol. The molecule has 1 aromatic carbocycles. The molecule has 22 heavy (non-hydrogen) atoms. The van der Waals surface area contributed by atoms with Crippen molar-refractivity contribution in [1.82, 2.24) is 10.3 Å². The van der Waals surface area contributed by atoms with Crippen LogP contribution in [0.2, 0.25) is 0 Å². The van der Waals surface area contributed by atoms with Gasteiger partial charge in [-0.15, -0.1) is 12.4 Å². The average Bonchev–Trinajstić information content (AvgIpc) is 3.02. The number of pyridine rings is 1. The van der Waals surface area contributed by atoms with Gasteiger partial charge in [-0.3, -0.25) is 4.79 Å². The molecule has 1 unspecified atom stereocenters. The van der Waals surface area contributed by atoms with E-state index in [1.807, 2.05) is 24.3 Å². The van der Waals surface area contributed by atoms with Crippen LogP contribution in [0.25, 0.3) is 0 Å². The summed E-state index contributed by atoms with van der Waals surface area (Å²) in [6.07, 6.45) is 2.53. The van der Waals surface area contributed by atoms with E-state index >= 15 is 0 Å². The number of hydrogen-bond acceptors (Lipinski definition) is 3. The number of hydrogen-bond donors (Lipinski definition) is 2. The zero-order valence-corrected chi connectivity index (χ0v) is 12.7. The molecule has 6 heteroatoms. The molecule has 1 aromatic heterocycles. The van der Waals surface area contributed by atoms with Crippen molar-refractivity contribution in [2.45, 2.75) is 12.3 Å². The number of anilines is 1.